The molecule has 0 atom stereocenters. The lowest BCUT2D eigenvalue weighted by Crippen LogP contribution is -2.43. The summed E-state index contributed by atoms with van der Waals surface area (Å²) < 4.78 is 22.2. The molecule has 2 aromatic heterocycles. The second-order valence-corrected chi connectivity index (χ2v) is 9.60. The average molecular weight is 494 g/mol. The lowest BCUT2D eigenvalue weighted by Gasteiger charge is -2.20. The van der Waals surface area contributed by atoms with Crippen molar-refractivity contribution in [3.8, 4) is 11.3 Å². The van der Waals surface area contributed by atoms with Crippen LogP contribution in [0.15, 0.2) is 57.0 Å². The highest BCUT2D eigenvalue weighted by molar-refractivity contribution is 5.98. The first kappa shape index (κ1) is 25.3. The van der Waals surface area contributed by atoms with Crippen LogP contribution in [0.25, 0.3) is 11.3 Å². The molecule has 0 saturated heterocycles. The van der Waals surface area contributed by atoms with E-state index in [1.54, 1.807) is 12.1 Å². The molecule has 1 aliphatic carbocycles. The number of hydrogen-bond acceptors (Lipinski definition) is 6. The molecule has 0 aliphatic heterocycles. The molecule has 1 aromatic carbocycles. The van der Waals surface area contributed by atoms with Crippen LogP contribution < -0.4 is 17.0 Å². The molecule has 1 saturated carbocycles. The Morgan fingerprint density at radius 3 is 2.50 bits per heavy atom. The molecular weight excluding hydrogens is 461 g/mol. The Bertz CT molecular complexity index is 1370. The van der Waals surface area contributed by atoms with Gasteiger partial charge in [0.15, 0.2) is 0 Å². The van der Waals surface area contributed by atoms with E-state index in [4.69, 9.17) is 10.5 Å². The number of aromatic nitrogens is 3. The maximum Gasteiger partial charge on any atom is 0.332 e. The van der Waals surface area contributed by atoms with Gasteiger partial charge in [0.05, 0.1) is 12.2 Å². The molecule has 36 heavy (non-hydrogen) atoms. The van der Waals surface area contributed by atoms with E-state index in [2.05, 4.69) is 9.98 Å². The Morgan fingerprint density at radius 1 is 1.17 bits per heavy atom. The lowest BCUT2D eigenvalue weighted by atomic mass is 10.1. The van der Waals surface area contributed by atoms with Gasteiger partial charge in [-0.25, -0.2) is 14.8 Å². The van der Waals surface area contributed by atoms with Gasteiger partial charge in [-0.2, -0.15) is 4.39 Å². The largest absolute Gasteiger partial charge is 0.474 e. The van der Waals surface area contributed by atoms with Crippen molar-refractivity contribution >= 4 is 11.7 Å². The summed E-state index contributed by atoms with van der Waals surface area (Å²) in [5.74, 6) is -0.153. The van der Waals surface area contributed by atoms with Crippen molar-refractivity contribution in [2.45, 2.75) is 58.7 Å². The molecule has 3 aromatic rings. The molecule has 4 rings (SSSR count). The Labute approximate surface area is 209 Å². The van der Waals surface area contributed by atoms with Gasteiger partial charge >= 0.3 is 5.69 Å². The minimum atomic E-state index is -0.534. The molecule has 1 fully saturated rings. The van der Waals surface area contributed by atoms with Crippen LogP contribution in [0, 0.1) is 11.9 Å². The van der Waals surface area contributed by atoms with E-state index in [1.165, 1.54) is 17.7 Å². The number of benzene rings is 1. The highest BCUT2D eigenvalue weighted by atomic mass is 19.1. The first-order chi connectivity index (χ1) is 17.2. The predicted octanol–water partition coefficient (Wildman–Crippen LogP) is 3.89. The third-order valence-electron chi connectivity index (χ3n) is 6.30. The fourth-order valence-electron chi connectivity index (χ4n) is 4.38. The molecule has 0 spiro atoms. The van der Waals surface area contributed by atoms with Crippen LogP contribution in [0.4, 0.5) is 10.2 Å². The second-order valence-electron chi connectivity index (χ2n) is 9.60. The van der Waals surface area contributed by atoms with Gasteiger partial charge in [0.25, 0.3) is 5.56 Å². The van der Waals surface area contributed by atoms with Crippen LogP contribution in [-0.2, 0) is 24.9 Å². The zero-order chi connectivity index (χ0) is 25.8. The summed E-state index contributed by atoms with van der Waals surface area (Å²) >= 11 is 0. The lowest BCUT2D eigenvalue weighted by molar-refractivity contribution is 0.196. The average Bonchev–Trinajstić information content (AvgIpc) is 3.37. The Balaban J connectivity index is 1.70. The van der Waals surface area contributed by atoms with Gasteiger partial charge < -0.3 is 10.5 Å². The molecular formula is C27H32FN5O3. The van der Waals surface area contributed by atoms with Gasteiger partial charge in [-0.05, 0) is 49.3 Å². The number of hydrogen-bond donors (Lipinski definition) is 1. The van der Waals surface area contributed by atoms with E-state index in [-0.39, 0.29) is 35.8 Å². The topological polar surface area (TPSA) is 104 Å². The van der Waals surface area contributed by atoms with Crippen LogP contribution >= 0.6 is 0 Å². The van der Waals surface area contributed by atoms with Crippen molar-refractivity contribution in [3.63, 3.8) is 0 Å². The Kier molecular flexibility index (Phi) is 7.67. The van der Waals surface area contributed by atoms with E-state index in [0.29, 0.717) is 12.2 Å². The van der Waals surface area contributed by atoms with Crippen molar-refractivity contribution in [2.24, 2.45) is 18.0 Å². The van der Waals surface area contributed by atoms with Crippen molar-refractivity contribution < 1.29 is 9.13 Å². The number of rotatable bonds is 7. The number of anilines is 1. The number of aliphatic imine (C=N–C) groups is 1. The maximum atomic E-state index is 13.5. The standard InChI is InChI=1S/C27H32FN5O3/c1-17(2)16-33-24(29)23(26(34)32(3)27(33)35)25(36-20-7-4-5-8-20)30-15-18-11-13-19(14-12-18)21-9-6-10-22(28)31-21/h6,9-14,17,20H,4-5,7-8,15-16,29H2,1-3H3. The summed E-state index contributed by atoms with van der Waals surface area (Å²) in [7, 11) is 1.44. The van der Waals surface area contributed by atoms with Crippen molar-refractivity contribution in [2.75, 3.05) is 5.73 Å². The number of ether oxygens (including phenoxy) is 1. The van der Waals surface area contributed by atoms with Gasteiger partial charge in [-0.1, -0.05) is 44.2 Å². The molecule has 190 valence electrons. The molecule has 0 amide bonds. The van der Waals surface area contributed by atoms with Gasteiger partial charge in [-0.15, -0.1) is 0 Å². The second kappa shape index (κ2) is 10.9. The Morgan fingerprint density at radius 2 is 1.86 bits per heavy atom. The summed E-state index contributed by atoms with van der Waals surface area (Å²) in [5, 5.41) is 0. The molecule has 2 heterocycles. The zero-order valence-corrected chi connectivity index (χ0v) is 20.9. The number of nitrogens with zero attached hydrogens (tertiary/aromatic N) is 4. The highest BCUT2D eigenvalue weighted by Crippen LogP contribution is 2.24. The van der Waals surface area contributed by atoms with Gasteiger partial charge in [0.1, 0.15) is 17.5 Å². The molecule has 0 bridgehead atoms. The third-order valence-corrected chi connectivity index (χ3v) is 6.30. The van der Waals surface area contributed by atoms with Crippen LogP contribution in [-0.4, -0.2) is 26.1 Å². The van der Waals surface area contributed by atoms with E-state index in [1.807, 2.05) is 38.1 Å². The summed E-state index contributed by atoms with van der Waals surface area (Å²) in [6.45, 7) is 4.57. The van der Waals surface area contributed by atoms with Crippen LogP contribution in [0.5, 0.6) is 0 Å². The minimum Gasteiger partial charge on any atom is -0.474 e. The molecule has 1 aliphatic rings. The van der Waals surface area contributed by atoms with Crippen molar-refractivity contribution in [1.29, 1.82) is 0 Å². The summed E-state index contributed by atoms with van der Waals surface area (Å²) in [4.78, 5) is 34.5. The molecule has 8 nitrogen and oxygen atoms in total. The molecule has 9 heteroatoms. The highest BCUT2D eigenvalue weighted by Gasteiger charge is 2.25. The SMILES string of the molecule is CC(C)Cn1c(N)c(C(=NCc2ccc(-c3cccc(F)n3)cc2)OC2CCCC2)c(=O)n(C)c1=O. The van der Waals surface area contributed by atoms with Gasteiger partial charge in [0, 0.05) is 19.2 Å². The van der Waals surface area contributed by atoms with Crippen LogP contribution in [0.3, 0.4) is 0 Å². The predicted molar refractivity (Wildman–Crippen MR) is 138 cm³/mol. The number of halogens is 1. The fourth-order valence-corrected chi connectivity index (χ4v) is 4.38. The Hall–Kier alpha value is -3.75. The third kappa shape index (κ3) is 5.56. The van der Waals surface area contributed by atoms with Gasteiger partial charge in [-0.3, -0.25) is 13.9 Å². The smallest absolute Gasteiger partial charge is 0.332 e. The van der Waals surface area contributed by atoms with Crippen molar-refractivity contribution in [3.05, 3.63) is 80.4 Å². The van der Waals surface area contributed by atoms with Crippen LogP contribution in [0.2, 0.25) is 0 Å². The van der Waals surface area contributed by atoms with Crippen molar-refractivity contribution in [1.82, 2.24) is 14.1 Å². The van der Waals surface area contributed by atoms with Crippen LogP contribution in [0.1, 0.15) is 50.7 Å². The van der Waals surface area contributed by atoms with E-state index in [0.717, 1.165) is 41.4 Å². The normalized spacial score (nSPS) is 14.5. The first-order valence-corrected chi connectivity index (χ1v) is 12.3. The molecule has 2 N–H and O–H groups in total. The molecule has 0 radical (unpaired) electrons. The summed E-state index contributed by atoms with van der Waals surface area (Å²) in [6, 6.07) is 12.1. The fraction of sp³-hybridized carbons (Fsp3) is 0.407. The van der Waals surface area contributed by atoms with E-state index < -0.39 is 17.2 Å². The minimum absolute atomic E-state index is 0.0558. The molecule has 0 unspecified atom stereocenters. The number of pyridine rings is 1. The monoisotopic (exact) mass is 493 g/mol. The number of nitrogen functional groups attached to an aromatic ring is 1. The zero-order valence-electron chi connectivity index (χ0n) is 20.9. The quantitative estimate of drug-likeness (QED) is 0.305. The van der Waals surface area contributed by atoms with E-state index in [9.17, 15) is 14.0 Å². The number of nitrogens with two attached hydrogens (primary N) is 1. The summed E-state index contributed by atoms with van der Waals surface area (Å²) in [5.41, 5.74) is 7.71. The first-order valence-electron chi connectivity index (χ1n) is 12.3. The van der Waals surface area contributed by atoms with E-state index >= 15 is 0 Å². The van der Waals surface area contributed by atoms with Gasteiger partial charge in [0.2, 0.25) is 11.8 Å². The summed E-state index contributed by atoms with van der Waals surface area (Å²) in [6.07, 6.45) is 3.79. The maximum absolute atomic E-state index is 13.5.